The lowest BCUT2D eigenvalue weighted by Crippen LogP contribution is -2.70. The number of carboxylic acids is 2. The van der Waals surface area contributed by atoms with E-state index in [1.54, 1.807) is 4.57 Å². The number of anilines is 1. The topological polar surface area (TPSA) is 231 Å². The zero-order chi connectivity index (χ0) is 39.1. The number of carbonyl (C=O) groups is 4. The van der Waals surface area contributed by atoms with Crippen LogP contribution in [-0.2, 0) is 20.9 Å². The number of hydrogen-bond donors (Lipinski definition) is 3. The number of pyridine rings is 1. The molecular formula is C32H34FN11O8S3. The smallest absolute Gasteiger partial charge is 0.352 e. The molecule has 2 amide bonds. The number of ether oxygens (including phenoxy) is 1. The van der Waals surface area contributed by atoms with Gasteiger partial charge in [-0.1, -0.05) is 23.1 Å². The molecule has 23 heteroatoms. The fraction of sp³-hybridized carbons (Fsp3) is 0.438. The van der Waals surface area contributed by atoms with Gasteiger partial charge in [0.05, 0.1) is 16.9 Å². The summed E-state index contributed by atoms with van der Waals surface area (Å²) in [6, 6.07) is 0.215. The molecule has 4 aliphatic heterocycles. The number of halogens is 1. The summed E-state index contributed by atoms with van der Waals surface area (Å²) in [5.74, 6) is -2.73. The molecule has 2 saturated heterocycles. The summed E-state index contributed by atoms with van der Waals surface area (Å²) in [5.41, 5.74) is 0.403. The first-order valence-corrected chi connectivity index (χ1v) is 19.7. The molecule has 0 radical (unpaired) electrons. The van der Waals surface area contributed by atoms with Gasteiger partial charge in [-0.3, -0.25) is 19.3 Å². The molecule has 3 aromatic heterocycles. The van der Waals surface area contributed by atoms with Crippen LogP contribution in [0.4, 0.5) is 10.1 Å². The van der Waals surface area contributed by atoms with Crippen molar-refractivity contribution in [3.8, 4) is 5.75 Å². The van der Waals surface area contributed by atoms with Crippen molar-refractivity contribution in [1.29, 1.82) is 0 Å². The Kier molecular flexibility index (Phi) is 10.8. The van der Waals surface area contributed by atoms with E-state index in [1.165, 1.54) is 57.0 Å². The van der Waals surface area contributed by atoms with Gasteiger partial charge in [-0.05, 0) is 43.0 Å². The maximum atomic E-state index is 15.0. The predicted octanol–water partition coefficient (Wildman–Crippen LogP) is 0.908. The van der Waals surface area contributed by atoms with E-state index < -0.39 is 46.4 Å². The molecular weight excluding hydrogens is 782 g/mol. The first-order chi connectivity index (χ1) is 26.3. The molecule has 3 atom stereocenters. The molecule has 4 aliphatic rings. The highest BCUT2D eigenvalue weighted by Gasteiger charge is 2.54. The van der Waals surface area contributed by atoms with Gasteiger partial charge < -0.3 is 34.6 Å². The fourth-order valence-corrected chi connectivity index (χ4v) is 9.89. The van der Waals surface area contributed by atoms with Crippen LogP contribution < -0.4 is 20.4 Å². The van der Waals surface area contributed by atoms with Gasteiger partial charge in [-0.15, -0.1) is 27.1 Å². The third-order valence-corrected chi connectivity index (χ3v) is 12.7. The van der Waals surface area contributed by atoms with E-state index in [0.717, 1.165) is 28.5 Å². The Hall–Kier alpha value is -5.13. The van der Waals surface area contributed by atoms with E-state index in [4.69, 9.17) is 4.74 Å². The number of amides is 2. The average Bonchev–Trinajstić information content (AvgIpc) is 3.83. The summed E-state index contributed by atoms with van der Waals surface area (Å²) in [6.45, 7) is 6.79. The van der Waals surface area contributed by atoms with Crippen LogP contribution in [0.3, 0.4) is 0 Å². The Morgan fingerprint density at radius 3 is 2.55 bits per heavy atom. The number of fused-ring (bicyclic) bond motifs is 1. The quantitative estimate of drug-likeness (QED) is 0.157. The van der Waals surface area contributed by atoms with E-state index in [9.17, 15) is 38.6 Å². The van der Waals surface area contributed by atoms with Crippen molar-refractivity contribution in [1.82, 2.24) is 50.1 Å². The van der Waals surface area contributed by atoms with Crippen molar-refractivity contribution < 1.29 is 38.5 Å². The van der Waals surface area contributed by atoms with Crippen LogP contribution in [-0.4, -0.2) is 141 Å². The first-order valence-electron chi connectivity index (χ1n) is 16.9. The van der Waals surface area contributed by atoms with E-state index in [2.05, 4.69) is 35.9 Å². The number of rotatable bonds is 9. The van der Waals surface area contributed by atoms with E-state index >= 15 is 0 Å². The molecule has 0 aliphatic carbocycles. The van der Waals surface area contributed by atoms with Crippen LogP contribution >= 0.6 is 34.9 Å². The average molecular weight is 816 g/mol. The van der Waals surface area contributed by atoms with Crippen molar-refractivity contribution in [3.05, 3.63) is 56.5 Å². The number of β-lactam (4-membered cyclic amide) rings is 1. The predicted molar refractivity (Wildman–Crippen MR) is 198 cm³/mol. The van der Waals surface area contributed by atoms with Crippen molar-refractivity contribution in [2.75, 3.05) is 56.2 Å². The Morgan fingerprint density at radius 2 is 1.89 bits per heavy atom. The highest BCUT2D eigenvalue weighted by molar-refractivity contribution is 8.01. The maximum Gasteiger partial charge on any atom is 0.352 e. The van der Waals surface area contributed by atoms with Crippen molar-refractivity contribution in [3.63, 3.8) is 0 Å². The Labute approximate surface area is 323 Å². The summed E-state index contributed by atoms with van der Waals surface area (Å²) in [7, 11) is 2.02. The number of aromatic carboxylic acids is 1. The lowest BCUT2D eigenvalue weighted by Gasteiger charge is -2.49. The summed E-state index contributed by atoms with van der Waals surface area (Å²) >= 11 is 4.24. The van der Waals surface area contributed by atoms with Crippen molar-refractivity contribution in [2.24, 2.45) is 0 Å². The van der Waals surface area contributed by atoms with Gasteiger partial charge in [0.25, 0.3) is 5.91 Å². The van der Waals surface area contributed by atoms with E-state index in [1.807, 2.05) is 25.8 Å². The number of aliphatic carboxylic acids is 1. The number of benzene rings is 1. The van der Waals surface area contributed by atoms with Gasteiger partial charge in [0.2, 0.25) is 11.3 Å². The number of nitrogens with one attached hydrogen (secondary N) is 1. The largest absolute Gasteiger partial charge is 0.487 e. The number of aryl methyl sites for hydroxylation is 1. The number of tetrazole rings is 1. The second-order valence-corrected chi connectivity index (χ2v) is 16.6. The number of likely N-dealkylation sites (N-methyl/N-ethyl adjacent to an activating group) is 1. The third-order valence-electron chi connectivity index (χ3n) is 9.33. The minimum atomic E-state index is -1.32. The van der Waals surface area contributed by atoms with Gasteiger partial charge in [0, 0.05) is 43.9 Å². The number of piperazine rings is 1. The maximum absolute atomic E-state index is 15.0. The highest BCUT2D eigenvalue weighted by atomic mass is 32.2. The van der Waals surface area contributed by atoms with Gasteiger partial charge in [0.1, 0.15) is 52.9 Å². The van der Waals surface area contributed by atoms with Crippen LogP contribution in [0.25, 0.3) is 10.9 Å². The number of hydrogen-bond acceptors (Lipinski definition) is 16. The van der Waals surface area contributed by atoms with Crippen LogP contribution in [0.15, 0.2) is 39.0 Å². The van der Waals surface area contributed by atoms with Gasteiger partial charge >= 0.3 is 11.9 Å². The number of aromatic nitrogens is 7. The minimum absolute atomic E-state index is 0.0153. The molecule has 7 heterocycles. The molecule has 19 nitrogen and oxygen atoms in total. The minimum Gasteiger partial charge on any atom is -0.487 e. The van der Waals surface area contributed by atoms with Crippen LogP contribution in [0.5, 0.6) is 5.75 Å². The summed E-state index contributed by atoms with van der Waals surface area (Å²) in [4.78, 5) is 65.9. The monoisotopic (exact) mass is 815 g/mol. The number of thioether (sulfide) groups is 2. The lowest BCUT2D eigenvalue weighted by atomic mass is 10.0. The molecule has 0 spiro atoms. The van der Waals surface area contributed by atoms with Crippen molar-refractivity contribution in [2.45, 2.75) is 42.2 Å². The number of nitrogens with zero attached hydrogens (tertiary/aromatic N) is 10. The molecule has 0 saturated carbocycles. The van der Waals surface area contributed by atoms with Crippen LogP contribution in [0.1, 0.15) is 28.3 Å². The third kappa shape index (κ3) is 7.47. The van der Waals surface area contributed by atoms with E-state index in [-0.39, 0.29) is 35.8 Å². The second-order valence-electron chi connectivity index (χ2n) is 13.1. The van der Waals surface area contributed by atoms with Gasteiger partial charge in [-0.25, -0.2) is 18.7 Å². The molecule has 0 bridgehead atoms. The summed E-state index contributed by atoms with van der Waals surface area (Å²) in [6.07, 6.45) is 2.63. The van der Waals surface area contributed by atoms with Crippen LogP contribution in [0.2, 0.25) is 0 Å². The molecule has 290 valence electrons. The van der Waals surface area contributed by atoms with Crippen molar-refractivity contribution >= 4 is 75.2 Å². The molecule has 4 aromatic rings. The lowest BCUT2D eigenvalue weighted by molar-refractivity contribution is -0.150. The number of carboxylic acid groups (broad SMARTS) is 2. The van der Waals surface area contributed by atoms with Gasteiger partial charge in [0.15, 0.2) is 15.9 Å². The van der Waals surface area contributed by atoms with Crippen LogP contribution in [0, 0.1) is 12.7 Å². The SMILES string of the molecule is C[C@H]1COc2c(N3CCN(C)CC3)c(F)cc3c(=O)c(C(=O)O)cn1c23.Cc1nnc(SCC2=C(C(=O)O)N3C(=O)[C@@H](NC(=O)Cn4cnnn4)[C@H]3SC2)s1. The highest BCUT2D eigenvalue weighted by Crippen LogP contribution is 2.43. The molecule has 0 unspecified atom stereocenters. The Balaban J connectivity index is 0.000000170. The molecule has 8 rings (SSSR count). The Morgan fingerprint density at radius 1 is 1.13 bits per heavy atom. The summed E-state index contributed by atoms with van der Waals surface area (Å²) < 4.78 is 24.5. The van der Waals surface area contributed by atoms with E-state index in [0.29, 0.717) is 47.1 Å². The van der Waals surface area contributed by atoms with Gasteiger partial charge in [-0.2, -0.15) is 0 Å². The molecule has 1 aromatic carbocycles. The standard InChI is InChI=1S/C18H20FN3O4.C14H14N8O4S3/c1-10-9-26-17-14-11(16(23)12(18(24)25)8-22(10)14)7-13(19)15(17)21-5-3-20(2)4-6-21;1-6-17-18-14(29-6)28-4-7-3-27-12-9(11(24)22(12)10(7)13(25)26)16-8(23)2-21-5-15-19-20-21/h7-8,10H,3-6,9H2,1-2H3,(H,24,25);5,9,12H,2-4H2,1H3,(H,16,23)(H,25,26)/t10-;9-,12-/m01/s1. The normalized spacial score (nSPS) is 20.7. The molecule has 55 heavy (non-hydrogen) atoms. The molecule has 3 N–H and O–H groups in total. The number of carbonyl (C=O) groups excluding carboxylic acids is 2. The zero-order valence-corrected chi connectivity index (χ0v) is 32.0. The molecule has 2 fully saturated rings. The second kappa shape index (κ2) is 15.5. The fourth-order valence-electron chi connectivity index (χ4n) is 6.59. The summed E-state index contributed by atoms with van der Waals surface area (Å²) in [5, 5.41) is 40.5. The zero-order valence-electron chi connectivity index (χ0n) is 29.5. The first kappa shape index (κ1) is 38.2. The Bertz CT molecular complexity index is 2280.